The van der Waals surface area contributed by atoms with E-state index in [2.05, 4.69) is 15.5 Å². The molecule has 0 saturated carbocycles. The third-order valence-electron chi connectivity index (χ3n) is 3.31. The Morgan fingerprint density at radius 2 is 2.04 bits per heavy atom. The van der Waals surface area contributed by atoms with Gasteiger partial charge in [-0.1, -0.05) is 17.3 Å². The molecule has 0 atom stereocenters. The van der Waals surface area contributed by atoms with Gasteiger partial charge in [0.25, 0.3) is 5.89 Å². The highest BCUT2D eigenvalue weighted by Gasteiger charge is 2.12. The second-order valence-electron chi connectivity index (χ2n) is 5.21. The Morgan fingerprint density at radius 3 is 2.72 bits per heavy atom. The monoisotopic (exact) mass is 357 g/mol. The van der Waals surface area contributed by atoms with Crippen LogP contribution in [0.5, 0.6) is 0 Å². The van der Waals surface area contributed by atoms with Crippen molar-refractivity contribution in [3.63, 3.8) is 0 Å². The van der Waals surface area contributed by atoms with Gasteiger partial charge in [-0.2, -0.15) is 16.3 Å². The van der Waals surface area contributed by atoms with Crippen LogP contribution in [-0.2, 0) is 22.7 Å². The van der Waals surface area contributed by atoms with E-state index in [0.29, 0.717) is 17.9 Å². The molecule has 0 aliphatic heterocycles. The molecule has 1 amide bonds. The molecule has 8 heteroatoms. The van der Waals surface area contributed by atoms with Crippen molar-refractivity contribution < 1.29 is 18.8 Å². The Balaban J connectivity index is 1.54. The molecule has 1 aromatic carbocycles. The molecule has 3 aromatic rings. The number of esters is 1. The minimum absolute atomic E-state index is 0.0936. The summed E-state index contributed by atoms with van der Waals surface area (Å²) in [5.74, 6) is 0.109. The standard InChI is InChI=1S/C17H15N3O4S/c1-11(21)18-8-12-2-4-13(5-3-12)17(22)23-9-15-19-16(20-24-15)14-6-7-25-10-14/h2-7,10H,8-9H2,1H3,(H,18,21). The number of rotatable bonds is 6. The lowest BCUT2D eigenvalue weighted by Gasteiger charge is -2.05. The first kappa shape index (κ1) is 16.8. The lowest BCUT2D eigenvalue weighted by atomic mass is 10.1. The van der Waals surface area contributed by atoms with Crippen molar-refractivity contribution in [2.24, 2.45) is 0 Å². The summed E-state index contributed by atoms with van der Waals surface area (Å²) in [6, 6.07) is 8.68. The molecular formula is C17H15N3O4S. The Bertz CT molecular complexity index is 856. The average molecular weight is 357 g/mol. The maximum absolute atomic E-state index is 12.1. The van der Waals surface area contributed by atoms with Crippen LogP contribution in [0.1, 0.15) is 28.7 Å². The lowest BCUT2D eigenvalue weighted by Crippen LogP contribution is -2.18. The van der Waals surface area contributed by atoms with Crippen molar-refractivity contribution in [3.05, 3.63) is 58.1 Å². The van der Waals surface area contributed by atoms with E-state index in [0.717, 1.165) is 11.1 Å². The van der Waals surface area contributed by atoms with Crippen LogP contribution in [0.2, 0.25) is 0 Å². The van der Waals surface area contributed by atoms with E-state index >= 15 is 0 Å². The number of nitrogens with one attached hydrogen (secondary N) is 1. The number of carbonyl (C=O) groups excluding carboxylic acids is 2. The number of nitrogens with zero attached hydrogens (tertiary/aromatic N) is 2. The smallest absolute Gasteiger partial charge is 0.338 e. The number of hydrogen-bond donors (Lipinski definition) is 1. The van der Waals surface area contributed by atoms with E-state index in [1.54, 1.807) is 24.3 Å². The molecule has 2 heterocycles. The third-order valence-corrected chi connectivity index (χ3v) is 3.99. The molecule has 128 valence electrons. The molecule has 25 heavy (non-hydrogen) atoms. The van der Waals surface area contributed by atoms with Gasteiger partial charge >= 0.3 is 5.97 Å². The largest absolute Gasteiger partial charge is 0.452 e. The maximum Gasteiger partial charge on any atom is 0.338 e. The highest BCUT2D eigenvalue weighted by molar-refractivity contribution is 7.08. The molecule has 1 N–H and O–H groups in total. The Labute approximate surface area is 147 Å². The summed E-state index contributed by atoms with van der Waals surface area (Å²) in [5, 5.41) is 10.4. The van der Waals surface area contributed by atoms with Gasteiger partial charge < -0.3 is 14.6 Å². The maximum atomic E-state index is 12.1. The van der Waals surface area contributed by atoms with Gasteiger partial charge in [0.15, 0.2) is 6.61 Å². The van der Waals surface area contributed by atoms with Gasteiger partial charge in [0.2, 0.25) is 11.7 Å². The average Bonchev–Trinajstić information content (AvgIpc) is 3.29. The van der Waals surface area contributed by atoms with Gasteiger partial charge in [-0.15, -0.1) is 0 Å². The third kappa shape index (κ3) is 4.51. The molecule has 0 bridgehead atoms. The number of carbonyl (C=O) groups is 2. The SMILES string of the molecule is CC(=O)NCc1ccc(C(=O)OCc2nc(-c3ccsc3)no2)cc1. The highest BCUT2D eigenvalue weighted by Crippen LogP contribution is 2.19. The molecule has 3 rings (SSSR count). The summed E-state index contributed by atoms with van der Waals surface area (Å²) in [7, 11) is 0. The van der Waals surface area contributed by atoms with Crippen molar-refractivity contribution in [1.29, 1.82) is 0 Å². The van der Waals surface area contributed by atoms with Crippen LogP contribution < -0.4 is 5.32 Å². The molecular weight excluding hydrogens is 342 g/mol. The summed E-state index contributed by atoms with van der Waals surface area (Å²) in [6.07, 6.45) is 0. The Hall–Kier alpha value is -3.00. The zero-order valence-corrected chi connectivity index (χ0v) is 14.2. The topological polar surface area (TPSA) is 94.3 Å². The molecule has 2 aromatic heterocycles. The van der Waals surface area contributed by atoms with Gasteiger partial charge in [0.1, 0.15) is 0 Å². The highest BCUT2D eigenvalue weighted by atomic mass is 32.1. The number of benzene rings is 1. The summed E-state index contributed by atoms with van der Waals surface area (Å²) in [6.45, 7) is 1.77. The normalized spacial score (nSPS) is 10.4. The van der Waals surface area contributed by atoms with Gasteiger partial charge in [-0.3, -0.25) is 4.79 Å². The van der Waals surface area contributed by atoms with Crippen molar-refractivity contribution >= 4 is 23.2 Å². The minimum atomic E-state index is -0.485. The van der Waals surface area contributed by atoms with Crippen LogP contribution in [0, 0.1) is 0 Å². The Kier molecular flexibility index (Phi) is 5.20. The zero-order valence-electron chi connectivity index (χ0n) is 13.4. The molecule has 0 spiro atoms. The number of aromatic nitrogens is 2. The van der Waals surface area contributed by atoms with Crippen LogP contribution in [0.4, 0.5) is 0 Å². The van der Waals surface area contributed by atoms with Crippen molar-refractivity contribution in [2.45, 2.75) is 20.1 Å². The first-order valence-corrected chi connectivity index (χ1v) is 8.42. The molecule has 0 aliphatic carbocycles. The van der Waals surface area contributed by atoms with Crippen molar-refractivity contribution in [3.8, 4) is 11.4 Å². The number of ether oxygens (including phenoxy) is 1. The second-order valence-corrected chi connectivity index (χ2v) is 5.99. The van der Waals surface area contributed by atoms with Gasteiger partial charge in [0.05, 0.1) is 5.56 Å². The first-order valence-electron chi connectivity index (χ1n) is 7.47. The Morgan fingerprint density at radius 1 is 1.24 bits per heavy atom. The quantitative estimate of drug-likeness (QED) is 0.682. The summed E-state index contributed by atoms with van der Waals surface area (Å²) < 4.78 is 10.3. The molecule has 0 radical (unpaired) electrons. The minimum Gasteiger partial charge on any atom is -0.452 e. The number of amides is 1. The number of thiophene rings is 1. The summed E-state index contributed by atoms with van der Waals surface area (Å²) >= 11 is 1.54. The van der Waals surface area contributed by atoms with Gasteiger partial charge in [-0.05, 0) is 29.1 Å². The van der Waals surface area contributed by atoms with E-state index in [4.69, 9.17) is 9.26 Å². The van der Waals surface area contributed by atoms with Gasteiger partial charge in [-0.25, -0.2) is 4.79 Å². The van der Waals surface area contributed by atoms with Crippen LogP contribution in [-0.4, -0.2) is 22.0 Å². The zero-order chi connectivity index (χ0) is 17.6. The van der Waals surface area contributed by atoms with Crippen molar-refractivity contribution in [2.75, 3.05) is 0 Å². The van der Waals surface area contributed by atoms with Crippen LogP contribution >= 0.6 is 11.3 Å². The molecule has 0 saturated heterocycles. The summed E-state index contributed by atoms with van der Waals surface area (Å²) in [4.78, 5) is 27.1. The van der Waals surface area contributed by atoms with E-state index in [1.807, 2.05) is 16.8 Å². The van der Waals surface area contributed by atoms with E-state index in [1.165, 1.54) is 18.3 Å². The predicted molar refractivity (Wildman–Crippen MR) is 90.7 cm³/mol. The van der Waals surface area contributed by atoms with Crippen LogP contribution in [0.15, 0.2) is 45.6 Å². The fourth-order valence-corrected chi connectivity index (χ4v) is 2.65. The second kappa shape index (κ2) is 7.71. The van der Waals surface area contributed by atoms with Crippen LogP contribution in [0.25, 0.3) is 11.4 Å². The van der Waals surface area contributed by atoms with E-state index < -0.39 is 5.97 Å². The fourth-order valence-electron chi connectivity index (χ4n) is 2.02. The van der Waals surface area contributed by atoms with Crippen LogP contribution in [0.3, 0.4) is 0 Å². The fraction of sp³-hybridized carbons (Fsp3) is 0.176. The molecule has 0 aliphatic rings. The van der Waals surface area contributed by atoms with E-state index in [-0.39, 0.29) is 18.4 Å². The number of hydrogen-bond acceptors (Lipinski definition) is 7. The lowest BCUT2D eigenvalue weighted by molar-refractivity contribution is -0.119. The van der Waals surface area contributed by atoms with Gasteiger partial charge in [0, 0.05) is 24.4 Å². The first-order chi connectivity index (χ1) is 12.1. The predicted octanol–water partition coefficient (Wildman–Crippen LogP) is 2.79. The summed E-state index contributed by atoms with van der Waals surface area (Å²) in [5.41, 5.74) is 2.16. The van der Waals surface area contributed by atoms with E-state index in [9.17, 15) is 9.59 Å². The molecule has 0 unspecified atom stereocenters. The van der Waals surface area contributed by atoms with Crippen molar-refractivity contribution in [1.82, 2.24) is 15.5 Å². The molecule has 7 nitrogen and oxygen atoms in total. The molecule has 0 fully saturated rings.